The van der Waals surface area contributed by atoms with Crippen molar-refractivity contribution in [3.05, 3.63) is 12.2 Å². The first-order chi connectivity index (χ1) is 6.55. The molecular formula is C12H18O2. The Morgan fingerprint density at radius 2 is 2.29 bits per heavy atom. The molecule has 0 N–H and O–H groups in total. The summed E-state index contributed by atoms with van der Waals surface area (Å²) < 4.78 is 0. The highest BCUT2D eigenvalue weighted by Crippen LogP contribution is 2.26. The maximum atomic E-state index is 11.4. The summed E-state index contributed by atoms with van der Waals surface area (Å²) in [7, 11) is 0. The molecule has 1 atom stereocenters. The molecule has 0 radical (unpaired) electrons. The first-order valence-corrected chi connectivity index (χ1v) is 5.22. The van der Waals surface area contributed by atoms with Crippen molar-refractivity contribution in [2.45, 2.75) is 39.5 Å². The first kappa shape index (κ1) is 11.2. The highest BCUT2D eigenvalue weighted by atomic mass is 16.1. The average Bonchev–Trinajstić information content (AvgIpc) is 2.17. The fourth-order valence-corrected chi connectivity index (χ4v) is 1.67. The number of carbonyl (C=O) groups excluding carboxylic acids is 2. The molecule has 0 heterocycles. The lowest BCUT2D eigenvalue weighted by molar-refractivity contribution is -0.120. The molecule has 0 aromatic rings. The van der Waals surface area contributed by atoms with E-state index in [0.717, 1.165) is 32.0 Å². The summed E-state index contributed by atoms with van der Waals surface area (Å²) in [4.78, 5) is 22.1. The van der Waals surface area contributed by atoms with E-state index in [1.807, 2.05) is 19.9 Å². The van der Waals surface area contributed by atoms with Crippen LogP contribution in [-0.4, -0.2) is 12.1 Å². The Kier molecular flexibility index (Phi) is 3.62. The van der Waals surface area contributed by atoms with E-state index in [1.54, 1.807) is 6.08 Å². The number of carbonyl (C=O) groups is 2. The summed E-state index contributed by atoms with van der Waals surface area (Å²) >= 11 is 0. The molecule has 0 saturated heterocycles. The molecule has 1 aliphatic rings. The molecule has 0 aliphatic heterocycles. The van der Waals surface area contributed by atoms with Crippen LogP contribution in [0.1, 0.15) is 39.5 Å². The smallest absolute Gasteiger partial charge is 0.158 e. The summed E-state index contributed by atoms with van der Waals surface area (Å²) in [5.74, 6) is 0.386. The van der Waals surface area contributed by atoms with E-state index >= 15 is 0 Å². The van der Waals surface area contributed by atoms with Crippen LogP contribution in [0.2, 0.25) is 0 Å². The van der Waals surface area contributed by atoms with Crippen molar-refractivity contribution in [2.75, 3.05) is 0 Å². The van der Waals surface area contributed by atoms with Crippen molar-refractivity contribution in [1.82, 2.24) is 0 Å². The summed E-state index contributed by atoms with van der Waals surface area (Å²) in [6, 6.07) is 0. The lowest BCUT2D eigenvalue weighted by atomic mass is 9.82. The second-order valence-corrected chi connectivity index (χ2v) is 4.72. The van der Waals surface area contributed by atoms with Gasteiger partial charge in [0, 0.05) is 11.3 Å². The van der Waals surface area contributed by atoms with Crippen LogP contribution in [0.15, 0.2) is 12.2 Å². The molecule has 14 heavy (non-hydrogen) atoms. The highest BCUT2D eigenvalue weighted by Gasteiger charge is 2.23. The van der Waals surface area contributed by atoms with Gasteiger partial charge in [0.05, 0.1) is 0 Å². The summed E-state index contributed by atoms with van der Waals surface area (Å²) in [5.41, 5.74) is -0.276. The second-order valence-electron chi connectivity index (χ2n) is 4.72. The van der Waals surface area contributed by atoms with Crippen LogP contribution in [-0.2, 0) is 9.59 Å². The van der Waals surface area contributed by atoms with Crippen LogP contribution in [0.3, 0.4) is 0 Å². The molecule has 1 rings (SSSR count). The molecule has 1 unspecified atom stereocenters. The topological polar surface area (TPSA) is 34.1 Å². The molecule has 0 spiro atoms. The number of hydrogen-bond acceptors (Lipinski definition) is 2. The minimum Gasteiger partial charge on any atom is -0.303 e. The molecule has 2 heteroatoms. The van der Waals surface area contributed by atoms with Gasteiger partial charge in [0.1, 0.15) is 6.29 Å². The van der Waals surface area contributed by atoms with Crippen molar-refractivity contribution in [2.24, 2.45) is 11.3 Å². The standard InChI is InChI=1S/C12H18O2/c1-12(2,9-13)8-7-10-5-3-4-6-11(10)14/h4,6,9-10H,3,5,7-8H2,1-2H3. The minimum atomic E-state index is -0.276. The second kappa shape index (κ2) is 4.54. The monoisotopic (exact) mass is 194 g/mol. The number of allylic oxidation sites excluding steroid dienone is 2. The lowest BCUT2D eigenvalue weighted by Crippen LogP contribution is -2.20. The van der Waals surface area contributed by atoms with Gasteiger partial charge in [-0.1, -0.05) is 19.9 Å². The average molecular weight is 194 g/mol. The molecule has 0 aromatic carbocycles. The van der Waals surface area contributed by atoms with E-state index in [9.17, 15) is 9.59 Å². The van der Waals surface area contributed by atoms with E-state index in [0.29, 0.717) is 0 Å². The molecule has 2 nitrogen and oxygen atoms in total. The maximum Gasteiger partial charge on any atom is 0.158 e. The van der Waals surface area contributed by atoms with Gasteiger partial charge in [-0.15, -0.1) is 0 Å². The van der Waals surface area contributed by atoms with E-state index in [2.05, 4.69) is 0 Å². The van der Waals surface area contributed by atoms with Gasteiger partial charge in [0.15, 0.2) is 5.78 Å². The van der Waals surface area contributed by atoms with Crippen LogP contribution < -0.4 is 0 Å². The number of hydrogen-bond donors (Lipinski definition) is 0. The summed E-state index contributed by atoms with van der Waals surface area (Å²) in [6.45, 7) is 3.84. The van der Waals surface area contributed by atoms with Gasteiger partial charge in [-0.25, -0.2) is 0 Å². The van der Waals surface area contributed by atoms with Gasteiger partial charge in [-0.2, -0.15) is 0 Å². The largest absolute Gasteiger partial charge is 0.303 e. The quantitative estimate of drug-likeness (QED) is 0.644. The van der Waals surface area contributed by atoms with Crippen LogP contribution in [0.4, 0.5) is 0 Å². The highest BCUT2D eigenvalue weighted by molar-refractivity contribution is 5.92. The lowest BCUT2D eigenvalue weighted by Gasteiger charge is -2.21. The fourth-order valence-electron chi connectivity index (χ4n) is 1.67. The van der Waals surface area contributed by atoms with E-state index in [4.69, 9.17) is 0 Å². The van der Waals surface area contributed by atoms with Crippen molar-refractivity contribution in [3.63, 3.8) is 0 Å². The number of ketones is 1. The Hall–Kier alpha value is -0.920. The van der Waals surface area contributed by atoms with Crippen molar-refractivity contribution >= 4 is 12.1 Å². The molecule has 0 amide bonds. The first-order valence-electron chi connectivity index (χ1n) is 5.22. The van der Waals surface area contributed by atoms with Gasteiger partial charge in [-0.05, 0) is 31.8 Å². The summed E-state index contributed by atoms with van der Waals surface area (Å²) in [5, 5.41) is 0. The summed E-state index contributed by atoms with van der Waals surface area (Å²) in [6.07, 6.45) is 8.19. The van der Waals surface area contributed by atoms with E-state index in [1.165, 1.54) is 0 Å². The molecule has 0 bridgehead atoms. The van der Waals surface area contributed by atoms with Crippen LogP contribution in [0.5, 0.6) is 0 Å². The van der Waals surface area contributed by atoms with Gasteiger partial charge < -0.3 is 4.79 Å². The zero-order valence-electron chi connectivity index (χ0n) is 8.95. The Morgan fingerprint density at radius 1 is 1.57 bits per heavy atom. The van der Waals surface area contributed by atoms with E-state index < -0.39 is 0 Å². The number of aldehydes is 1. The maximum absolute atomic E-state index is 11.4. The predicted molar refractivity (Wildman–Crippen MR) is 56.0 cm³/mol. The van der Waals surface area contributed by atoms with E-state index in [-0.39, 0.29) is 17.1 Å². The Morgan fingerprint density at radius 3 is 2.86 bits per heavy atom. The van der Waals surface area contributed by atoms with Gasteiger partial charge in [-0.3, -0.25) is 4.79 Å². The van der Waals surface area contributed by atoms with Crippen LogP contribution in [0, 0.1) is 11.3 Å². The zero-order valence-corrected chi connectivity index (χ0v) is 8.95. The van der Waals surface area contributed by atoms with Gasteiger partial charge in [0.2, 0.25) is 0 Å². The molecule has 0 saturated carbocycles. The predicted octanol–water partition coefficient (Wildman–Crippen LogP) is 2.53. The molecular weight excluding hydrogens is 176 g/mol. The molecule has 1 aliphatic carbocycles. The SMILES string of the molecule is CC(C)(C=O)CCC1CCC=CC1=O. The molecule has 78 valence electrons. The van der Waals surface area contributed by atoms with Crippen molar-refractivity contribution in [3.8, 4) is 0 Å². The van der Waals surface area contributed by atoms with Crippen LogP contribution >= 0.6 is 0 Å². The van der Waals surface area contributed by atoms with Crippen molar-refractivity contribution < 1.29 is 9.59 Å². The normalized spacial score (nSPS) is 22.4. The van der Waals surface area contributed by atoms with Gasteiger partial charge in [0.25, 0.3) is 0 Å². The zero-order chi connectivity index (χ0) is 10.6. The number of rotatable bonds is 4. The van der Waals surface area contributed by atoms with Crippen LogP contribution in [0.25, 0.3) is 0 Å². The minimum absolute atomic E-state index is 0.152. The van der Waals surface area contributed by atoms with Gasteiger partial charge >= 0.3 is 0 Å². The Labute approximate surface area is 85.4 Å². The molecule has 0 fully saturated rings. The third kappa shape index (κ3) is 3.09. The fraction of sp³-hybridized carbons (Fsp3) is 0.667. The Bertz CT molecular complexity index is 251. The third-order valence-corrected chi connectivity index (χ3v) is 2.82. The Balaban J connectivity index is 2.42. The third-order valence-electron chi connectivity index (χ3n) is 2.82. The molecule has 0 aromatic heterocycles. The van der Waals surface area contributed by atoms with Crippen molar-refractivity contribution in [1.29, 1.82) is 0 Å².